The van der Waals surface area contributed by atoms with E-state index in [1.165, 1.54) is 7.11 Å². The lowest BCUT2D eigenvalue weighted by Gasteiger charge is -2.34. The van der Waals surface area contributed by atoms with Crippen LogP contribution in [0.5, 0.6) is 0 Å². The first-order chi connectivity index (χ1) is 9.45. The van der Waals surface area contributed by atoms with Crippen LogP contribution in [0.25, 0.3) is 0 Å². The van der Waals surface area contributed by atoms with Crippen LogP contribution in [-0.2, 0) is 19.1 Å². The Morgan fingerprint density at radius 3 is 2.70 bits per heavy atom. The van der Waals surface area contributed by atoms with E-state index in [9.17, 15) is 9.59 Å². The van der Waals surface area contributed by atoms with Gasteiger partial charge in [0.05, 0.1) is 19.8 Å². The molecule has 20 heavy (non-hydrogen) atoms. The van der Waals surface area contributed by atoms with Crippen molar-refractivity contribution in [3.05, 3.63) is 0 Å². The third kappa shape index (κ3) is 5.09. The summed E-state index contributed by atoms with van der Waals surface area (Å²) in [6.45, 7) is 8.26. The number of nitrogens with zero attached hydrogens (tertiary/aromatic N) is 1. The number of amides is 1. The third-order valence-corrected chi connectivity index (χ3v) is 3.51. The Morgan fingerprint density at radius 1 is 1.40 bits per heavy atom. The largest absolute Gasteiger partial charge is 0.467 e. The van der Waals surface area contributed by atoms with Crippen molar-refractivity contribution in [1.29, 1.82) is 0 Å². The van der Waals surface area contributed by atoms with E-state index in [1.807, 2.05) is 11.8 Å². The lowest BCUT2D eigenvalue weighted by molar-refractivity contribution is -0.161. The van der Waals surface area contributed by atoms with Gasteiger partial charge in [-0.3, -0.25) is 9.69 Å². The Bertz CT molecular complexity index is 333. The molecule has 0 aliphatic carbocycles. The molecule has 0 bridgehead atoms. The Balaban J connectivity index is 2.43. The Kier molecular flexibility index (Phi) is 6.95. The quantitative estimate of drug-likeness (QED) is 0.716. The van der Waals surface area contributed by atoms with Crippen molar-refractivity contribution in [3.63, 3.8) is 0 Å². The van der Waals surface area contributed by atoms with Crippen molar-refractivity contribution in [1.82, 2.24) is 10.2 Å². The van der Waals surface area contributed by atoms with Gasteiger partial charge in [0.1, 0.15) is 0 Å². The summed E-state index contributed by atoms with van der Waals surface area (Å²) in [6, 6.07) is -0.266. The highest BCUT2D eigenvalue weighted by atomic mass is 16.6. The van der Waals surface area contributed by atoms with Crippen LogP contribution >= 0.6 is 0 Å². The predicted molar refractivity (Wildman–Crippen MR) is 75.3 cm³/mol. The lowest BCUT2D eigenvalue weighted by atomic mass is 10.1. The standard InChI is InChI=1S/C14H26N2O4/c1-10(2)5-6-15-13(17)11(3)16-7-8-20-12(9-16)14(18)19-4/h10-12H,5-9H2,1-4H3,(H,15,17). The monoisotopic (exact) mass is 286 g/mol. The number of carbonyl (C=O) groups is 2. The van der Waals surface area contributed by atoms with Crippen molar-refractivity contribution >= 4 is 11.9 Å². The van der Waals surface area contributed by atoms with E-state index in [2.05, 4.69) is 23.9 Å². The van der Waals surface area contributed by atoms with Gasteiger partial charge in [-0.25, -0.2) is 4.79 Å². The van der Waals surface area contributed by atoms with Crippen LogP contribution in [0.2, 0.25) is 0 Å². The second kappa shape index (κ2) is 8.21. The topological polar surface area (TPSA) is 67.9 Å². The molecule has 116 valence electrons. The number of hydrogen-bond donors (Lipinski definition) is 1. The molecule has 6 heteroatoms. The molecule has 0 radical (unpaired) electrons. The number of morpholine rings is 1. The molecule has 0 aromatic carbocycles. The number of esters is 1. The van der Waals surface area contributed by atoms with Gasteiger partial charge in [-0.2, -0.15) is 0 Å². The van der Waals surface area contributed by atoms with E-state index < -0.39 is 6.10 Å². The average Bonchev–Trinajstić information content (AvgIpc) is 2.45. The molecule has 1 heterocycles. The summed E-state index contributed by atoms with van der Waals surface area (Å²) in [7, 11) is 1.34. The number of ether oxygens (including phenoxy) is 2. The van der Waals surface area contributed by atoms with Crippen LogP contribution in [-0.4, -0.2) is 62.3 Å². The minimum Gasteiger partial charge on any atom is -0.467 e. The molecule has 0 aromatic rings. The van der Waals surface area contributed by atoms with Gasteiger partial charge in [0, 0.05) is 19.6 Å². The van der Waals surface area contributed by atoms with Crippen LogP contribution < -0.4 is 5.32 Å². The van der Waals surface area contributed by atoms with Crippen LogP contribution in [0.1, 0.15) is 27.2 Å². The zero-order valence-electron chi connectivity index (χ0n) is 12.8. The maximum Gasteiger partial charge on any atom is 0.336 e. The normalized spacial score (nSPS) is 21.6. The van der Waals surface area contributed by atoms with Crippen molar-refractivity contribution in [3.8, 4) is 0 Å². The van der Waals surface area contributed by atoms with Gasteiger partial charge in [0.25, 0.3) is 0 Å². The number of carbonyl (C=O) groups excluding carboxylic acids is 2. The van der Waals surface area contributed by atoms with Crippen molar-refractivity contribution in [2.75, 3.05) is 33.4 Å². The van der Waals surface area contributed by atoms with Crippen LogP contribution in [0.3, 0.4) is 0 Å². The summed E-state index contributed by atoms with van der Waals surface area (Å²) >= 11 is 0. The highest BCUT2D eigenvalue weighted by molar-refractivity contribution is 5.81. The van der Waals surface area contributed by atoms with Gasteiger partial charge >= 0.3 is 5.97 Å². The molecule has 6 nitrogen and oxygen atoms in total. The molecule has 1 fully saturated rings. The van der Waals surface area contributed by atoms with E-state index in [4.69, 9.17) is 4.74 Å². The Morgan fingerprint density at radius 2 is 2.10 bits per heavy atom. The van der Waals surface area contributed by atoms with Gasteiger partial charge in [-0.1, -0.05) is 13.8 Å². The summed E-state index contributed by atoms with van der Waals surface area (Å²) in [4.78, 5) is 25.5. The molecule has 2 unspecified atom stereocenters. The fraction of sp³-hybridized carbons (Fsp3) is 0.857. The highest BCUT2D eigenvalue weighted by Crippen LogP contribution is 2.10. The Hall–Kier alpha value is -1.14. The summed E-state index contributed by atoms with van der Waals surface area (Å²) in [6.07, 6.45) is 0.367. The number of methoxy groups -OCH3 is 1. The minimum atomic E-state index is -0.598. The SMILES string of the molecule is COC(=O)C1CN(C(C)C(=O)NCCC(C)C)CCO1. The molecule has 2 atom stereocenters. The first kappa shape index (κ1) is 16.9. The molecule has 1 N–H and O–H groups in total. The van der Waals surface area contributed by atoms with Gasteiger partial charge in [0.2, 0.25) is 5.91 Å². The van der Waals surface area contributed by atoms with Gasteiger partial charge in [0.15, 0.2) is 6.10 Å². The summed E-state index contributed by atoms with van der Waals surface area (Å²) in [5.41, 5.74) is 0. The minimum absolute atomic E-state index is 0.00355. The van der Waals surface area contributed by atoms with Gasteiger partial charge < -0.3 is 14.8 Å². The predicted octanol–water partition coefficient (Wildman–Crippen LogP) is 0.411. The van der Waals surface area contributed by atoms with Crippen LogP contribution in [0.4, 0.5) is 0 Å². The fourth-order valence-corrected chi connectivity index (χ4v) is 2.09. The molecule has 1 amide bonds. The molecule has 1 aliphatic heterocycles. The summed E-state index contributed by atoms with van der Waals surface area (Å²) in [5, 5.41) is 2.93. The van der Waals surface area contributed by atoms with Gasteiger partial charge in [-0.05, 0) is 19.3 Å². The number of rotatable bonds is 6. The third-order valence-electron chi connectivity index (χ3n) is 3.51. The van der Waals surface area contributed by atoms with Crippen LogP contribution in [0.15, 0.2) is 0 Å². The summed E-state index contributed by atoms with van der Waals surface area (Å²) in [5.74, 6) is 0.177. The summed E-state index contributed by atoms with van der Waals surface area (Å²) < 4.78 is 10.0. The van der Waals surface area contributed by atoms with E-state index in [1.54, 1.807) is 0 Å². The van der Waals surface area contributed by atoms with E-state index in [-0.39, 0.29) is 17.9 Å². The van der Waals surface area contributed by atoms with Crippen LogP contribution in [0, 0.1) is 5.92 Å². The first-order valence-electron chi connectivity index (χ1n) is 7.17. The fourth-order valence-electron chi connectivity index (χ4n) is 2.09. The van der Waals surface area contributed by atoms with E-state index in [0.717, 1.165) is 6.42 Å². The lowest BCUT2D eigenvalue weighted by Crippen LogP contribution is -2.54. The number of hydrogen-bond acceptors (Lipinski definition) is 5. The molecular formula is C14H26N2O4. The zero-order chi connectivity index (χ0) is 15.1. The molecule has 1 saturated heterocycles. The second-order valence-electron chi connectivity index (χ2n) is 5.53. The molecule has 0 saturated carbocycles. The van der Waals surface area contributed by atoms with E-state index in [0.29, 0.717) is 32.2 Å². The number of nitrogens with one attached hydrogen (secondary N) is 1. The van der Waals surface area contributed by atoms with Crippen molar-refractivity contribution in [2.45, 2.75) is 39.3 Å². The molecule has 1 rings (SSSR count). The maximum absolute atomic E-state index is 12.1. The maximum atomic E-state index is 12.1. The molecule has 1 aliphatic rings. The van der Waals surface area contributed by atoms with Crippen molar-refractivity contribution in [2.24, 2.45) is 5.92 Å². The van der Waals surface area contributed by atoms with E-state index >= 15 is 0 Å². The molecular weight excluding hydrogens is 260 g/mol. The van der Waals surface area contributed by atoms with Gasteiger partial charge in [-0.15, -0.1) is 0 Å². The smallest absolute Gasteiger partial charge is 0.336 e. The zero-order valence-corrected chi connectivity index (χ0v) is 12.8. The first-order valence-corrected chi connectivity index (χ1v) is 7.17. The Labute approximate surface area is 120 Å². The highest BCUT2D eigenvalue weighted by Gasteiger charge is 2.31. The second-order valence-corrected chi connectivity index (χ2v) is 5.53. The van der Waals surface area contributed by atoms with Crippen molar-refractivity contribution < 1.29 is 19.1 Å². The molecule has 0 spiro atoms. The average molecular weight is 286 g/mol. The molecule has 0 aromatic heterocycles.